The molecule has 0 radical (unpaired) electrons. The van der Waals surface area contributed by atoms with Crippen molar-refractivity contribution in [2.24, 2.45) is 0 Å². The smallest absolute Gasteiger partial charge is 0.151 e. The van der Waals surface area contributed by atoms with Crippen molar-refractivity contribution in [1.82, 2.24) is 0 Å². The summed E-state index contributed by atoms with van der Waals surface area (Å²) in [6.45, 7) is 2.06. The molecule has 1 aliphatic rings. The van der Waals surface area contributed by atoms with E-state index in [1.54, 1.807) is 17.8 Å². The summed E-state index contributed by atoms with van der Waals surface area (Å²) in [5.74, 6) is 1.82. The first-order chi connectivity index (χ1) is 8.58. The Balaban J connectivity index is 2.08. The fraction of sp³-hybridized carbons (Fsp3) is 0.462. The molecule has 0 saturated carbocycles. The number of benzene rings is 1. The number of hydrogen-bond acceptors (Lipinski definition) is 3. The minimum atomic E-state index is -0.353. The Hall–Kier alpha value is -0.190. The van der Waals surface area contributed by atoms with Crippen molar-refractivity contribution in [3.05, 3.63) is 34.6 Å². The highest BCUT2D eigenvalue weighted by molar-refractivity contribution is 8.07. The Labute approximate surface area is 120 Å². The topological polar surface area (TPSA) is 17.1 Å². The molecule has 1 aliphatic heterocycles. The van der Waals surface area contributed by atoms with Gasteiger partial charge in [0.05, 0.1) is 5.25 Å². The first-order valence-corrected chi connectivity index (χ1v) is 8.25. The number of ketones is 1. The van der Waals surface area contributed by atoms with Crippen LogP contribution in [0.2, 0.25) is 5.02 Å². The second-order valence-corrected chi connectivity index (χ2v) is 7.42. The van der Waals surface area contributed by atoms with Crippen LogP contribution in [0.1, 0.15) is 12.5 Å². The van der Waals surface area contributed by atoms with E-state index in [2.05, 4.69) is 6.92 Å². The molecule has 98 valence electrons. The van der Waals surface area contributed by atoms with Crippen molar-refractivity contribution >= 4 is 40.9 Å². The summed E-state index contributed by atoms with van der Waals surface area (Å²) in [4.78, 5) is 12.2. The molecule has 2 atom stereocenters. The lowest BCUT2D eigenvalue weighted by atomic mass is 10.1. The molecule has 0 aromatic heterocycles. The van der Waals surface area contributed by atoms with Crippen LogP contribution < -0.4 is 0 Å². The molecule has 18 heavy (non-hydrogen) atoms. The van der Waals surface area contributed by atoms with Gasteiger partial charge in [0.15, 0.2) is 5.78 Å². The van der Waals surface area contributed by atoms with E-state index in [0.717, 1.165) is 11.5 Å². The van der Waals surface area contributed by atoms with Crippen molar-refractivity contribution in [2.75, 3.05) is 11.5 Å². The second-order valence-electron chi connectivity index (χ2n) is 4.25. The summed E-state index contributed by atoms with van der Waals surface area (Å²) < 4.78 is 13.6. The van der Waals surface area contributed by atoms with Gasteiger partial charge in [-0.2, -0.15) is 11.8 Å². The first kappa shape index (κ1) is 14.2. The third-order valence-corrected chi connectivity index (χ3v) is 6.25. The minimum Gasteiger partial charge on any atom is -0.298 e. The molecule has 5 heteroatoms. The summed E-state index contributed by atoms with van der Waals surface area (Å²) in [5.41, 5.74) is 0.399. The quantitative estimate of drug-likeness (QED) is 0.845. The number of carbonyl (C=O) groups is 1. The zero-order chi connectivity index (χ0) is 13.1. The van der Waals surface area contributed by atoms with E-state index in [-0.39, 0.29) is 23.3 Å². The average molecular weight is 305 g/mol. The fourth-order valence-electron chi connectivity index (χ4n) is 1.95. The zero-order valence-electron chi connectivity index (χ0n) is 9.99. The number of hydrogen-bond donors (Lipinski definition) is 0. The molecule has 1 nitrogen and oxygen atoms in total. The molecule has 1 heterocycles. The third kappa shape index (κ3) is 3.43. The van der Waals surface area contributed by atoms with Crippen LogP contribution >= 0.6 is 35.1 Å². The van der Waals surface area contributed by atoms with Crippen molar-refractivity contribution < 1.29 is 9.18 Å². The van der Waals surface area contributed by atoms with E-state index in [4.69, 9.17) is 11.6 Å². The van der Waals surface area contributed by atoms with Gasteiger partial charge >= 0.3 is 0 Å². The first-order valence-electron chi connectivity index (χ1n) is 5.78. The van der Waals surface area contributed by atoms with Gasteiger partial charge in [-0.15, -0.1) is 11.8 Å². The molecule has 2 unspecified atom stereocenters. The number of Topliss-reactive ketones (excluding diaryl/α,β-unsaturated/α-hetero) is 1. The SMILES string of the molecule is CC1SCCSC1C(=O)Cc1cc(Cl)ccc1F. The molecule has 0 aliphatic carbocycles. The van der Waals surface area contributed by atoms with Gasteiger partial charge in [-0.1, -0.05) is 18.5 Å². The van der Waals surface area contributed by atoms with Crippen molar-refractivity contribution in [3.63, 3.8) is 0 Å². The second kappa shape index (κ2) is 6.31. The Bertz CT molecular complexity index is 453. The number of rotatable bonds is 3. The molecule has 2 rings (SSSR count). The van der Waals surface area contributed by atoms with Gasteiger partial charge in [-0.25, -0.2) is 4.39 Å². The normalized spacial score (nSPS) is 23.9. The van der Waals surface area contributed by atoms with Crippen LogP contribution in [0, 0.1) is 5.82 Å². The molecular weight excluding hydrogens is 291 g/mol. The van der Waals surface area contributed by atoms with Crippen molar-refractivity contribution in [3.8, 4) is 0 Å². The van der Waals surface area contributed by atoms with Crippen LogP contribution in [-0.2, 0) is 11.2 Å². The molecule has 0 spiro atoms. The Morgan fingerprint density at radius 3 is 2.89 bits per heavy atom. The van der Waals surface area contributed by atoms with Gasteiger partial charge < -0.3 is 0 Å². The maximum atomic E-state index is 13.6. The average Bonchev–Trinajstić information content (AvgIpc) is 2.34. The largest absolute Gasteiger partial charge is 0.298 e. The predicted molar refractivity (Wildman–Crippen MR) is 78.3 cm³/mol. The van der Waals surface area contributed by atoms with E-state index in [0.29, 0.717) is 15.8 Å². The lowest BCUT2D eigenvalue weighted by Gasteiger charge is -2.26. The third-order valence-electron chi connectivity index (χ3n) is 2.88. The van der Waals surface area contributed by atoms with Gasteiger partial charge in [0.1, 0.15) is 5.82 Å². The molecule has 0 bridgehead atoms. The van der Waals surface area contributed by atoms with Crippen molar-refractivity contribution in [1.29, 1.82) is 0 Å². The van der Waals surface area contributed by atoms with Gasteiger partial charge in [0.25, 0.3) is 0 Å². The summed E-state index contributed by atoms with van der Waals surface area (Å²) in [6.07, 6.45) is 0.134. The molecule has 1 aromatic rings. The molecule has 0 amide bonds. The monoisotopic (exact) mass is 304 g/mol. The van der Waals surface area contributed by atoms with Gasteiger partial charge in [0.2, 0.25) is 0 Å². The predicted octanol–water partition coefficient (Wildman–Crippen LogP) is 3.83. The molecular formula is C13H14ClFOS2. The van der Waals surface area contributed by atoms with E-state index < -0.39 is 0 Å². The van der Waals surface area contributed by atoms with Gasteiger partial charge in [-0.3, -0.25) is 4.79 Å². The summed E-state index contributed by atoms with van der Waals surface area (Å²) in [7, 11) is 0. The highest BCUT2D eigenvalue weighted by Crippen LogP contribution is 2.32. The highest BCUT2D eigenvalue weighted by Gasteiger charge is 2.29. The van der Waals surface area contributed by atoms with Crippen LogP contribution in [-0.4, -0.2) is 27.8 Å². The van der Waals surface area contributed by atoms with Crippen LogP contribution in [0.5, 0.6) is 0 Å². The lowest BCUT2D eigenvalue weighted by molar-refractivity contribution is -0.117. The maximum absolute atomic E-state index is 13.6. The number of halogens is 2. The number of carbonyl (C=O) groups excluding carboxylic acids is 1. The molecule has 1 saturated heterocycles. The van der Waals surface area contributed by atoms with E-state index in [9.17, 15) is 9.18 Å². The Kier molecular flexibility index (Phi) is 4.98. The van der Waals surface area contributed by atoms with Crippen LogP contribution in [0.4, 0.5) is 4.39 Å². The van der Waals surface area contributed by atoms with Crippen LogP contribution in [0.15, 0.2) is 18.2 Å². The maximum Gasteiger partial charge on any atom is 0.151 e. The molecule has 0 N–H and O–H groups in total. The molecule has 1 fully saturated rings. The van der Waals surface area contributed by atoms with Gasteiger partial charge in [0, 0.05) is 28.2 Å². The van der Waals surface area contributed by atoms with Crippen molar-refractivity contribution in [2.45, 2.75) is 23.8 Å². The Morgan fingerprint density at radius 1 is 1.44 bits per heavy atom. The van der Waals surface area contributed by atoms with Crippen LogP contribution in [0.3, 0.4) is 0 Å². The van der Waals surface area contributed by atoms with E-state index in [1.807, 2.05) is 11.8 Å². The summed E-state index contributed by atoms with van der Waals surface area (Å²) in [5, 5.41) is 0.749. The minimum absolute atomic E-state index is 0.0258. The zero-order valence-corrected chi connectivity index (χ0v) is 12.4. The Morgan fingerprint density at radius 2 is 2.17 bits per heavy atom. The van der Waals surface area contributed by atoms with Crippen LogP contribution in [0.25, 0.3) is 0 Å². The standard InChI is InChI=1S/C13H14ClFOS2/c1-8-13(18-5-4-17-8)12(16)7-9-6-10(14)2-3-11(9)15/h2-3,6,8,13H,4-5,7H2,1H3. The van der Waals surface area contributed by atoms with E-state index in [1.165, 1.54) is 12.1 Å². The number of thioether (sulfide) groups is 2. The summed E-state index contributed by atoms with van der Waals surface area (Å²) >= 11 is 9.32. The lowest BCUT2D eigenvalue weighted by Crippen LogP contribution is -2.32. The molecule has 1 aromatic carbocycles. The van der Waals surface area contributed by atoms with E-state index >= 15 is 0 Å². The fourth-order valence-corrected chi connectivity index (χ4v) is 4.88. The van der Waals surface area contributed by atoms with Gasteiger partial charge in [-0.05, 0) is 23.8 Å². The highest BCUT2D eigenvalue weighted by atomic mass is 35.5. The summed E-state index contributed by atoms with van der Waals surface area (Å²) in [6, 6.07) is 4.36.